The first-order valence-electron chi connectivity index (χ1n) is 6.51. The van der Waals surface area contributed by atoms with Gasteiger partial charge in [0.15, 0.2) is 5.82 Å². The number of hydrogen-bond acceptors (Lipinski definition) is 5. The highest BCUT2D eigenvalue weighted by Crippen LogP contribution is 2.40. The molecule has 1 aliphatic heterocycles. The number of hydrogen-bond donors (Lipinski definition) is 1. The minimum Gasteiger partial charge on any atom is -0.337 e. The Kier molecular flexibility index (Phi) is 4.07. The van der Waals surface area contributed by atoms with Crippen LogP contribution < -0.4 is 9.62 Å². The molecule has 0 spiro atoms. The lowest BCUT2D eigenvalue weighted by atomic mass is 10.1. The number of halogens is 3. The Hall–Kier alpha value is -1.64. The fraction of sp³-hybridized carbons (Fsp3) is 0.231. The monoisotopic (exact) mass is 376 g/mol. The fourth-order valence-corrected chi connectivity index (χ4v) is 3.69. The highest BCUT2D eigenvalue weighted by molar-refractivity contribution is 7.92. The summed E-state index contributed by atoms with van der Waals surface area (Å²) in [6.07, 6.45) is 2.69. The van der Waals surface area contributed by atoms with Gasteiger partial charge in [-0.1, -0.05) is 11.6 Å². The van der Waals surface area contributed by atoms with E-state index in [1.807, 2.05) is 0 Å². The zero-order valence-corrected chi connectivity index (χ0v) is 14.2. The van der Waals surface area contributed by atoms with Gasteiger partial charge in [0.25, 0.3) is 0 Å². The van der Waals surface area contributed by atoms with Crippen LogP contribution in [0.5, 0.6) is 0 Å². The molecule has 0 unspecified atom stereocenters. The molecule has 1 aliphatic rings. The van der Waals surface area contributed by atoms with Gasteiger partial charge in [-0.3, -0.25) is 4.31 Å². The second kappa shape index (κ2) is 5.77. The second-order valence-electron chi connectivity index (χ2n) is 4.97. The maximum atomic E-state index is 14.0. The van der Waals surface area contributed by atoms with E-state index in [-0.39, 0.29) is 28.4 Å². The van der Waals surface area contributed by atoms with Crippen molar-refractivity contribution in [1.29, 1.82) is 0 Å². The molecule has 0 atom stereocenters. The molecule has 0 bridgehead atoms. The average Bonchev–Trinajstić information content (AvgIpc) is 2.92. The molecule has 10 heteroatoms. The molecule has 1 N–H and O–H groups in total. The SMILES string of the molecule is CS(=O)(=O)N1CCc2c(F)ccc(Nc3nc(Cl)ncc3Cl)c21. The molecule has 2 heterocycles. The number of rotatable bonds is 3. The van der Waals surface area contributed by atoms with Crippen molar-refractivity contribution in [2.24, 2.45) is 0 Å². The van der Waals surface area contributed by atoms with Crippen LogP contribution in [-0.4, -0.2) is 31.2 Å². The molecule has 0 saturated carbocycles. The van der Waals surface area contributed by atoms with Crippen molar-refractivity contribution >= 4 is 50.4 Å². The molecule has 2 aromatic rings. The Morgan fingerprint density at radius 2 is 2.09 bits per heavy atom. The van der Waals surface area contributed by atoms with E-state index in [2.05, 4.69) is 15.3 Å². The lowest BCUT2D eigenvalue weighted by molar-refractivity contribution is 0.598. The van der Waals surface area contributed by atoms with E-state index in [0.717, 1.165) is 10.6 Å². The molecular weight excluding hydrogens is 366 g/mol. The van der Waals surface area contributed by atoms with E-state index in [1.54, 1.807) is 0 Å². The first-order chi connectivity index (χ1) is 10.8. The molecular formula is C13H11Cl2FN4O2S. The third kappa shape index (κ3) is 3.06. The molecule has 122 valence electrons. The number of sulfonamides is 1. The van der Waals surface area contributed by atoms with Crippen molar-refractivity contribution in [2.75, 3.05) is 22.4 Å². The predicted molar refractivity (Wildman–Crippen MR) is 87.6 cm³/mol. The van der Waals surface area contributed by atoms with Crippen molar-refractivity contribution in [1.82, 2.24) is 9.97 Å². The highest BCUT2D eigenvalue weighted by atomic mass is 35.5. The summed E-state index contributed by atoms with van der Waals surface area (Å²) in [7, 11) is -3.53. The van der Waals surface area contributed by atoms with Gasteiger partial charge in [-0.05, 0) is 30.2 Å². The molecule has 1 aromatic heterocycles. The summed E-state index contributed by atoms with van der Waals surface area (Å²) < 4.78 is 39.0. The number of aromatic nitrogens is 2. The number of anilines is 3. The third-order valence-electron chi connectivity index (χ3n) is 3.41. The van der Waals surface area contributed by atoms with Crippen LogP contribution in [0.25, 0.3) is 0 Å². The van der Waals surface area contributed by atoms with Crippen molar-refractivity contribution in [3.8, 4) is 0 Å². The van der Waals surface area contributed by atoms with Crippen molar-refractivity contribution < 1.29 is 12.8 Å². The van der Waals surface area contributed by atoms with E-state index in [9.17, 15) is 12.8 Å². The largest absolute Gasteiger partial charge is 0.337 e. The van der Waals surface area contributed by atoms with Crippen LogP contribution in [0.1, 0.15) is 5.56 Å². The molecule has 23 heavy (non-hydrogen) atoms. The maximum absolute atomic E-state index is 14.0. The van der Waals surface area contributed by atoms with Crippen LogP contribution >= 0.6 is 23.2 Å². The summed E-state index contributed by atoms with van der Waals surface area (Å²) in [5.74, 6) is -0.246. The lowest BCUT2D eigenvalue weighted by Crippen LogP contribution is -2.28. The molecule has 0 saturated heterocycles. The van der Waals surface area contributed by atoms with Crippen molar-refractivity contribution in [2.45, 2.75) is 6.42 Å². The van der Waals surface area contributed by atoms with Gasteiger partial charge in [-0.15, -0.1) is 0 Å². The van der Waals surface area contributed by atoms with Crippen LogP contribution in [0.2, 0.25) is 10.3 Å². The van der Waals surface area contributed by atoms with E-state index in [1.165, 1.54) is 18.3 Å². The van der Waals surface area contributed by atoms with E-state index >= 15 is 0 Å². The van der Waals surface area contributed by atoms with E-state index in [4.69, 9.17) is 23.2 Å². The van der Waals surface area contributed by atoms with Crippen molar-refractivity contribution in [3.05, 3.63) is 40.0 Å². The first kappa shape index (κ1) is 16.2. The minimum atomic E-state index is -3.53. The lowest BCUT2D eigenvalue weighted by Gasteiger charge is -2.20. The van der Waals surface area contributed by atoms with Crippen LogP contribution in [-0.2, 0) is 16.4 Å². The van der Waals surface area contributed by atoms with Gasteiger partial charge in [0.2, 0.25) is 15.3 Å². The van der Waals surface area contributed by atoms with Gasteiger partial charge >= 0.3 is 0 Å². The molecule has 3 rings (SSSR count). The Morgan fingerprint density at radius 3 is 2.78 bits per heavy atom. The van der Waals surface area contributed by atoms with Gasteiger partial charge in [-0.2, -0.15) is 4.98 Å². The number of nitrogens with one attached hydrogen (secondary N) is 1. The quantitative estimate of drug-likeness (QED) is 0.833. The first-order valence-corrected chi connectivity index (χ1v) is 9.12. The highest BCUT2D eigenvalue weighted by Gasteiger charge is 2.31. The summed E-state index contributed by atoms with van der Waals surface area (Å²) >= 11 is 11.7. The Labute approximate surface area is 142 Å². The summed E-state index contributed by atoms with van der Waals surface area (Å²) in [5.41, 5.74) is 0.969. The number of benzene rings is 1. The van der Waals surface area contributed by atoms with Gasteiger partial charge in [0, 0.05) is 12.1 Å². The van der Waals surface area contributed by atoms with E-state index < -0.39 is 15.8 Å². The minimum absolute atomic E-state index is 0.0179. The Balaban J connectivity index is 2.11. The fourth-order valence-electron chi connectivity index (χ4n) is 2.45. The normalized spacial score (nSPS) is 14.0. The topological polar surface area (TPSA) is 75.2 Å². The van der Waals surface area contributed by atoms with Gasteiger partial charge in [0.05, 0.1) is 23.8 Å². The predicted octanol–water partition coefficient (Wildman–Crippen LogP) is 2.99. The summed E-state index contributed by atoms with van der Waals surface area (Å²) in [6.45, 7) is 0.183. The summed E-state index contributed by atoms with van der Waals surface area (Å²) in [4.78, 5) is 7.69. The Bertz CT molecular complexity index is 892. The zero-order chi connectivity index (χ0) is 16.8. The summed E-state index contributed by atoms with van der Waals surface area (Å²) in [5, 5.41) is 3.09. The van der Waals surface area contributed by atoms with Crippen molar-refractivity contribution in [3.63, 3.8) is 0 Å². The number of nitrogens with zero attached hydrogens (tertiary/aromatic N) is 3. The summed E-state index contributed by atoms with van der Waals surface area (Å²) in [6, 6.07) is 2.70. The molecule has 6 nitrogen and oxygen atoms in total. The average molecular weight is 377 g/mol. The smallest absolute Gasteiger partial charge is 0.232 e. The third-order valence-corrected chi connectivity index (χ3v) is 5.03. The number of fused-ring (bicyclic) bond motifs is 1. The van der Waals surface area contributed by atoms with Crippen LogP contribution in [0, 0.1) is 5.82 Å². The van der Waals surface area contributed by atoms with Gasteiger partial charge < -0.3 is 5.32 Å². The second-order valence-corrected chi connectivity index (χ2v) is 7.62. The Morgan fingerprint density at radius 1 is 1.35 bits per heavy atom. The standard InChI is InChI=1S/C13H11Cl2FN4O2S/c1-23(21,22)20-5-4-7-9(16)2-3-10(11(7)20)18-12-8(14)6-17-13(15)19-12/h2-3,6H,4-5H2,1H3,(H,17,18,19). The molecule has 0 radical (unpaired) electrons. The van der Waals surface area contributed by atoms with Crippen LogP contribution in [0.4, 0.5) is 21.6 Å². The molecule has 0 amide bonds. The molecule has 1 aromatic carbocycles. The van der Waals surface area contributed by atoms with Crippen LogP contribution in [0.3, 0.4) is 0 Å². The van der Waals surface area contributed by atoms with Gasteiger partial charge in [0.1, 0.15) is 10.8 Å². The maximum Gasteiger partial charge on any atom is 0.232 e. The van der Waals surface area contributed by atoms with Gasteiger partial charge in [-0.25, -0.2) is 17.8 Å². The van der Waals surface area contributed by atoms with E-state index in [0.29, 0.717) is 17.7 Å². The zero-order valence-electron chi connectivity index (χ0n) is 11.8. The van der Waals surface area contributed by atoms with Crippen LogP contribution in [0.15, 0.2) is 18.3 Å². The molecule has 0 fully saturated rings. The molecule has 0 aliphatic carbocycles.